The fourth-order valence-corrected chi connectivity index (χ4v) is 8.16. The summed E-state index contributed by atoms with van der Waals surface area (Å²) in [5.74, 6) is 0.926. The maximum Gasteiger partial charge on any atom is 0.188 e. The summed E-state index contributed by atoms with van der Waals surface area (Å²) in [5.41, 5.74) is 6.91. The van der Waals surface area contributed by atoms with E-state index in [0.29, 0.717) is 6.04 Å². The van der Waals surface area contributed by atoms with Gasteiger partial charge < -0.3 is 4.57 Å². The standard InChI is InChI=1S/C36H33N4Si.Pt/c1-25(2)38-24-39(34-16-9-8-15-33(34)38)27-11-10-12-28(22-27)41(4,5)29-17-18-31-30-13-6-7-14-32(30)40(35(31)23-29)36-21-26(3)19-20-37-36;/h6-21,24-25H,1-5H3;/q-1;. The van der Waals surface area contributed by atoms with E-state index >= 15 is 0 Å². The van der Waals surface area contributed by atoms with Crippen molar-refractivity contribution in [3.8, 4) is 11.5 Å². The van der Waals surface area contributed by atoms with Crippen LogP contribution >= 0.6 is 0 Å². The zero-order valence-corrected chi connectivity index (χ0v) is 27.8. The maximum atomic E-state index is 4.76. The van der Waals surface area contributed by atoms with Gasteiger partial charge in [-0.25, -0.2) is 14.1 Å². The van der Waals surface area contributed by atoms with Gasteiger partial charge in [-0.15, -0.1) is 17.5 Å². The Kier molecular flexibility index (Phi) is 7.28. The van der Waals surface area contributed by atoms with Gasteiger partial charge in [-0.2, -0.15) is 40.7 Å². The Morgan fingerprint density at radius 3 is 2.24 bits per heavy atom. The fraction of sp³-hybridized carbons (Fsp3) is 0.167. The van der Waals surface area contributed by atoms with Crippen LogP contribution < -0.4 is 10.4 Å². The molecular formula is C36H33N4PtSi-. The van der Waals surface area contributed by atoms with Gasteiger partial charge >= 0.3 is 0 Å². The Balaban J connectivity index is 0.00000316. The van der Waals surface area contributed by atoms with Crippen molar-refractivity contribution in [3.63, 3.8) is 0 Å². The molecule has 0 N–H and O–H groups in total. The van der Waals surface area contributed by atoms with Gasteiger partial charge in [-0.1, -0.05) is 36.8 Å². The first-order valence-corrected chi connectivity index (χ1v) is 17.3. The van der Waals surface area contributed by atoms with Crippen LogP contribution in [0.15, 0.2) is 104 Å². The number of benzene rings is 4. The van der Waals surface area contributed by atoms with Crippen molar-refractivity contribution in [1.29, 1.82) is 0 Å². The van der Waals surface area contributed by atoms with Gasteiger partial charge in [0.25, 0.3) is 0 Å². The normalized spacial score (nSPS) is 12.0. The van der Waals surface area contributed by atoms with E-state index < -0.39 is 8.07 Å². The van der Waals surface area contributed by atoms with Crippen LogP contribution in [0.2, 0.25) is 13.1 Å². The van der Waals surface area contributed by atoms with Gasteiger partial charge in [0, 0.05) is 50.6 Å². The minimum atomic E-state index is -2.17. The number of aryl methyl sites for hydroxylation is 1. The van der Waals surface area contributed by atoms with Gasteiger partial charge in [0.1, 0.15) is 5.82 Å². The summed E-state index contributed by atoms with van der Waals surface area (Å²) in [5, 5.41) is 4.94. The van der Waals surface area contributed by atoms with E-state index in [1.165, 1.54) is 37.7 Å². The number of rotatable bonds is 5. The van der Waals surface area contributed by atoms with E-state index in [0.717, 1.165) is 22.5 Å². The molecule has 212 valence electrons. The molecule has 4 aromatic carbocycles. The predicted octanol–water partition coefficient (Wildman–Crippen LogP) is 7.52. The molecule has 7 aromatic rings. The van der Waals surface area contributed by atoms with Gasteiger partial charge in [0.15, 0.2) is 17.4 Å². The number of hydrogen-bond donors (Lipinski definition) is 0. The molecule has 7 rings (SSSR count). The van der Waals surface area contributed by atoms with Gasteiger partial charge in [0.05, 0.1) is 14.1 Å². The third kappa shape index (κ3) is 4.56. The summed E-state index contributed by atoms with van der Waals surface area (Å²) in [6.45, 7) is 11.4. The van der Waals surface area contributed by atoms with Gasteiger partial charge in [-0.05, 0) is 62.1 Å². The van der Waals surface area contributed by atoms with Crippen molar-refractivity contribution in [2.75, 3.05) is 0 Å². The van der Waals surface area contributed by atoms with Gasteiger partial charge in [-0.3, -0.25) is 0 Å². The molecule has 0 aliphatic heterocycles. The second-order valence-electron chi connectivity index (χ2n) is 11.7. The van der Waals surface area contributed by atoms with Crippen LogP contribution in [0.25, 0.3) is 44.3 Å². The summed E-state index contributed by atoms with van der Waals surface area (Å²) < 4.78 is 6.87. The first-order valence-electron chi connectivity index (χ1n) is 14.3. The van der Waals surface area contributed by atoms with Crippen LogP contribution in [-0.4, -0.2) is 26.8 Å². The summed E-state index contributed by atoms with van der Waals surface area (Å²) in [6, 6.07) is 40.6. The second kappa shape index (κ2) is 10.8. The summed E-state index contributed by atoms with van der Waals surface area (Å²) in [4.78, 5) is 4.76. The minimum Gasteiger partial charge on any atom is -0.319 e. The quantitative estimate of drug-likeness (QED) is 0.133. The van der Waals surface area contributed by atoms with Crippen molar-refractivity contribution < 1.29 is 21.1 Å². The largest absolute Gasteiger partial charge is 0.319 e. The summed E-state index contributed by atoms with van der Waals surface area (Å²) in [6.07, 6.45) is 4.10. The Hall–Kier alpha value is -3.79. The minimum absolute atomic E-state index is 0. The molecule has 6 heteroatoms. The number of aromatic nitrogens is 4. The average Bonchev–Trinajstić information content (AvgIpc) is 3.53. The molecule has 0 saturated carbocycles. The van der Waals surface area contributed by atoms with Crippen LogP contribution in [0.3, 0.4) is 0 Å². The molecule has 3 aromatic heterocycles. The van der Waals surface area contributed by atoms with Crippen LogP contribution in [0.1, 0.15) is 25.5 Å². The van der Waals surface area contributed by atoms with Crippen LogP contribution in [-0.2, 0) is 21.1 Å². The first kappa shape index (κ1) is 28.3. The molecule has 0 spiro atoms. The molecule has 0 amide bonds. The molecule has 0 aliphatic rings. The summed E-state index contributed by atoms with van der Waals surface area (Å²) >= 11 is 0. The van der Waals surface area contributed by atoms with Crippen LogP contribution in [0.4, 0.5) is 0 Å². The molecule has 3 heterocycles. The van der Waals surface area contributed by atoms with Crippen LogP contribution in [0, 0.1) is 19.1 Å². The summed E-state index contributed by atoms with van der Waals surface area (Å²) in [7, 11) is -2.17. The average molecular weight is 745 g/mol. The zero-order chi connectivity index (χ0) is 28.3. The van der Waals surface area contributed by atoms with Crippen molar-refractivity contribution in [2.24, 2.45) is 0 Å². The van der Waals surface area contributed by atoms with Gasteiger partial charge in [0.2, 0.25) is 0 Å². The molecule has 42 heavy (non-hydrogen) atoms. The number of pyridine rings is 1. The Morgan fingerprint density at radius 2 is 1.48 bits per heavy atom. The molecule has 0 fully saturated rings. The number of nitrogens with zero attached hydrogens (tertiary/aromatic N) is 4. The van der Waals surface area contributed by atoms with E-state index in [2.05, 4.69) is 151 Å². The topological polar surface area (TPSA) is 27.7 Å². The van der Waals surface area contributed by atoms with E-state index in [1.807, 2.05) is 12.3 Å². The number of para-hydroxylation sites is 3. The first-order chi connectivity index (χ1) is 19.8. The Morgan fingerprint density at radius 1 is 0.762 bits per heavy atom. The Bertz CT molecular complexity index is 2090. The predicted molar refractivity (Wildman–Crippen MR) is 174 cm³/mol. The number of hydrogen-bond acceptors (Lipinski definition) is 1. The molecular weight excluding hydrogens is 712 g/mol. The maximum absolute atomic E-state index is 4.76. The third-order valence-electron chi connectivity index (χ3n) is 8.32. The SMILES string of the molecule is Cc1ccnc(-n2c3[c-]c([Si](C)(C)c4[c-]c(-n5[cH+]n(C(C)C)c6ccccc65)ccc4)ccc3c3ccccc32)c1.[Pt]. The molecule has 0 unspecified atom stereocenters. The molecule has 0 saturated heterocycles. The second-order valence-corrected chi connectivity index (χ2v) is 16.1. The zero-order valence-electron chi connectivity index (χ0n) is 24.5. The van der Waals surface area contributed by atoms with Crippen molar-refractivity contribution in [3.05, 3.63) is 121 Å². The molecule has 0 atom stereocenters. The fourth-order valence-electron chi connectivity index (χ4n) is 5.98. The van der Waals surface area contributed by atoms with Crippen molar-refractivity contribution in [2.45, 2.75) is 39.9 Å². The molecule has 4 nitrogen and oxygen atoms in total. The van der Waals surface area contributed by atoms with E-state index in [9.17, 15) is 0 Å². The van der Waals surface area contributed by atoms with Crippen LogP contribution in [0.5, 0.6) is 0 Å². The smallest absolute Gasteiger partial charge is 0.188 e. The number of fused-ring (bicyclic) bond motifs is 4. The Labute approximate surface area is 262 Å². The molecule has 0 radical (unpaired) electrons. The number of imidazole rings is 1. The molecule has 0 bridgehead atoms. The van der Waals surface area contributed by atoms with E-state index in [1.54, 1.807) is 0 Å². The van der Waals surface area contributed by atoms with Crippen molar-refractivity contribution in [1.82, 2.24) is 18.7 Å². The van der Waals surface area contributed by atoms with E-state index in [4.69, 9.17) is 4.98 Å². The monoisotopic (exact) mass is 744 g/mol. The van der Waals surface area contributed by atoms with Crippen molar-refractivity contribution >= 4 is 51.3 Å². The van der Waals surface area contributed by atoms with E-state index in [-0.39, 0.29) is 21.1 Å². The molecule has 0 aliphatic carbocycles. The third-order valence-corrected chi connectivity index (χ3v) is 11.6.